The molecule has 0 radical (unpaired) electrons. The fraction of sp³-hybridized carbons (Fsp3) is 0.846. The van der Waals surface area contributed by atoms with Gasteiger partial charge in [0.25, 0.3) is 0 Å². The van der Waals surface area contributed by atoms with Crippen molar-refractivity contribution in [1.82, 2.24) is 10.6 Å². The van der Waals surface area contributed by atoms with Gasteiger partial charge in [-0.05, 0) is 25.7 Å². The van der Waals surface area contributed by atoms with Crippen molar-refractivity contribution in [2.24, 2.45) is 5.92 Å². The summed E-state index contributed by atoms with van der Waals surface area (Å²) in [6, 6.07) is -1.25. The van der Waals surface area contributed by atoms with Gasteiger partial charge in [0.1, 0.15) is 6.04 Å². The number of carbonyl (C=O) groups excluding carboxylic acids is 1. The molecule has 5 heteroatoms. The number of hydrogen-bond acceptors (Lipinski definition) is 2. The maximum Gasteiger partial charge on any atom is 0.326 e. The first-order valence-electron chi connectivity index (χ1n) is 6.61. The van der Waals surface area contributed by atoms with Crippen molar-refractivity contribution in [2.75, 3.05) is 0 Å². The first-order chi connectivity index (χ1) is 8.29. The van der Waals surface area contributed by atoms with Crippen LogP contribution in [0, 0.1) is 5.92 Å². The van der Waals surface area contributed by atoms with Crippen LogP contribution in [0.3, 0.4) is 0 Å². The van der Waals surface area contributed by atoms with Crippen LogP contribution in [0.4, 0.5) is 4.79 Å². The molecule has 0 spiro atoms. The van der Waals surface area contributed by atoms with Gasteiger partial charge in [-0.2, -0.15) is 0 Å². The molecular formula is C13H26N2O3. The first-order valence-corrected chi connectivity index (χ1v) is 6.61. The summed E-state index contributed by atoms with van der Waals surface area (Å²) in [6.07, 6.45) is 2.31. The summed E-state index contributed by atoms with van der Waals surface area (Å²) in [4.78, 5) is 22.9. The second-order valence-electron chi connectivity index (χ2n) is 5.07. The van der Waals surface area contributed by atoms with Crippen molar-refractivity contribution in [3.8, 4) is 0 Å². The summed E-state index contributed by atoms with van der Waals surface area (Å²) in [7, 11) is 0. The number of hydrogen-bond donors (Lipinski definition) is 3. The third kappa shape index (κ3) is 4.94. The van der Waals surface area contributed by atoms with E-state index in [2.05, 4.69) is 10.6 Å². The molecule has 106 valence electrons. The molecule has 5 nitrogen and oxygen atoms in total. The van der Waals surface area contributed by atoms with E-state index in [-0.39, 0.29) is 11.5 Å². The highest BCUT2D eigenvalue weighted by Crippen LogP contribution is 2.14. The van der Waals surface area contributed by atoms with E-state index in [1.54, 1.807) is 0 Å². The van der Waals surface area contributed by atoms with Gasteiger partial charge >= 0.3 is 12.0 Å². The molecule has 0 fully saturated rings. The summed E-state index contributed by atoms with van der Waals surface area (Å²) >= 11 is 0. The van der Waals surface area contributed by atoms with Crippen LogP contribution in [0.25, 0.3) is 0 Å². The zero-order chi connectivity index (χ0) is 14.3. The van der Waals surface area contributed by atoms with Gasteiger partial charge in [0.2, 0.25) is 0 Å². The normalized spacial score (nSPS) is 14.7. The second kappa shape index (κ2) is 7.24. The minimum atomic E-state index is -0.991. The van der Waals surface area contributed by atoms with E-state index in [1.807, 2.05) is 34.6 Å². The van der Waals surface area contributed by atoms with E-state index in [4.69, 9.17) is 5.11 Å². The van der Waals surface area contributed by atoms with Crippen molar-refractivity contribution in [3.63, 3.8) is 0 Å². The Bertz CT molecular complexity index is 288. The SMILES string of the molecule is CCC(C)C(NC(=O)NC(C)(CC)CC)C(=O)O. The first kappa shape index (κ1) is 16.7. The molecule has 0 aliphatic heterocycles. The molecule has 0 bridgehead atoms. The summed E-state index contributed by atoms with van der Waals surface area (Å²) in [6.45, 7) is 9.66. The average Bonchev–Trinajstić information content (AvgIpc) is 2.34. The van der Waals surface area contributed by atoms with E-state index in [0.717, 1.165) is 12.8 Å². The molecule has 0 aromatic carbocycles. The van der Waals surface area contributed by atoms with Crippen molar-refractivity contribution < 1.29 is 14.7 Å². The van der Waals surface area contributed by atoms with Crippen molar-refractivity contribution in [2.45, 2.75) is 65.5 Å². The molecule has 3 N–H and O–H groups in total. The topological polar surface area (TPSA) is 78.4 Å². The number of carboxylic acid groups (broad SMARTS) is 1. The molecular weight excluding hydrogens is 232 g/mol. The van der Waals surface area contributed by atoms with E-state index in [0.29, 0.717) is 6.42 Å². The maximum absolute atomic E-state index is 11.8. The number of aliphatic carboxylic acids is 1. The van der Waals surface area contributed by atoms with Crippen LogP contribution in [0.1, 0.15) is 53.9 Å². The minimum Gasteiger partial charge on any atom is -0.480 e. The Balaban J connectivity index is 4.57. The third-order valence-corrected chi connectivity index (χ3v) is 3.74. The Labute approximate surface area is 109 Å². The van der Waals surface area contributed by atoms with Gasteiger partial charge in [-0.15, -0.1) is 0 Å². The molecule has 0 saturated heterocycles. The van der Waals surface area contributed by atoms with Crippen molar-refractivity contribution >= 4 is 12.0 Å². The van der Waals surface area contributed by atoms with Gasteiger partial charge < -0.3 is 15.7 Å². The number of nitrogens with one attached hydrogen (secondary N) is 2. The predicted octanol–water partition coefficient (Wildman–Crippen LogP) is 2.36. The third-order valence-electron chi connectivity index (χ3n) is 3.74. The molecule has 0 heterocycles. The smallest absolute Gasteiger partial charge is 0.326 e. The summed E-state index contributed by atoms with van der Waals surface area (Å²) in [5, 5.41) is 14.5. The molecule has 18 heavy (non-hydrogen) atoms. The Kier molecular flexibility index (Phi) is 6.73. The summed E-state index contributed by atoms with van der Waals surface area (Å²) in [5.74, 6) is -1.09. The lowest BCUT2D eigenvalue weighted by atomic mass is 9.95. The molecule has 2 atom stereocenters. The van der Waals surface area contributed by atoms with Gasteiger partial charge in [-0.25, -0.2) is 9.59 Å². The molecule has 0 aliphatic carbocycles. The monoisotopic (exact) mass is 258 g/mol. The van der Waals surface area contributed by atoms with Crippen LogP contribution >= 0.6 is 0 Å². The molecule has 2 unspecified atom stereocenters. The molecule has 0 aromatic heterocycles. The number of urea groups is 1. The van der Waals surface area contributed by atoms with Crippen LogP contribution in [0.15, 0.2) is 0 Å². The fourth-order valence-electron chi connectivity index (χ4n) is 1.56. The highest BCUT2D eigenvalue weighted by atomic mass is 16.4. The largest absolute Gasteiger partial charge is 0.480 e. The molecule has 0 rings (SSSR count). The van der Waals surface area contributed by atoms with Crippen LogP contribution < -0.4 is 10.6 Å². The van der Waals surface area contributed by atoms with Gasteiger partial charge in [-0.3, -0.25) is 0 Å². The maximum atomic E-state index is 11.8. The molecule has 0 saturated carbocycles. The Morgan fingerprint density at radius 2 is 1.72 bits per heavy atom. The van der Waals surface area contributed by atoms with Crippen LogP contribution in [-0.4, -0.2) is 28.7 Å². The highest BCUT2D eigenvalue weighted by molar-refractivity contribution is 5.83. The Morgan fingerprint density at radius 3 is 2.06 bits per heavy atom. The summed E-state index contributed by atoms with van der Waals surface area (Å²) in [5.41, 5.74) is -0.289. The molecule has 0 aromatic rings. The Morgan fingerprint density at radius 1 is 1.22 bits per heavy atom. The van der Waals surface area contributed by atoms with Crippen LogP contribution in [0.5, 0.6) is 0 Å². The van der Waals surface area contributed by atoms with E-state index < -0.39 is 18.0 Å². The summed E-state index contributed by atoms with van der Waals surface area (Å²) < 4.78 is 0. The average molecular weight is 258 g/mol. The minimum absolute atomic E-state index is 0.0947. The standard InChI is InChI=1S/C13H26N2O3/c1-6-9(4)10(11(16)17)14-12(18)15-13(5,7-2)8-3/h9-10H,6-8H2,1-5H3,(H,16,17)(H2,14,15,18). The van der Waals surface area contributed by atoms with Gasteiger partial charge in [0, 0.05) is 5.54 Å². The number of amides is 2. The van der Waals surface area contributed by atoms with Crippen molar-refractivity contribution in [1.29, 1.82) is 0 Å². The van der Waals surface area contributed by atoms with Crippen LogP contribution in [0.2, 0.25) is 0 Å². The van der Waals surface area contributed by atoms with E-state index >= 15 is 0 Å². The number of rotatable bonds is 7. The molecule has 0 aliphatic rings. The van der Waals surface area contributed by atoms with Crippen molar-refractivity contribution in [3.05, 3.63) is 0 Å². The fourth-order valence-corrected chi connectivity index (χ4v) is 1.56. The van der Waals surface area contributed by atoms with Crippen LogP contribution in [-0.2, 0) is 4.79 Å². The second-order valence-corrected chi connectivity index (χ2v) is 5.07. The highest BCUT2D eigenvalue weighted by Gasteiger charge is 2.28. The predicted molar refractivity (Wildman–Crippen MR) is 71.5 cm³/mol. The zero-order valence-corrected chi connectivity index (χ0v) is 12.0. The van der Waals surface area contributed by atoms with Gasteiger partial charge in [0.15, 0.2) is 0 Å². The van der Waals surface area contributed by atoms with E-state index in [1.165, 1.54) is 0 Å². The van der Waals surface area contributed by atoms with E-state index in [9.17, 15) is 9.59 Å². The Hall–Kier alpha value is -1.26. The lowest BCUT2D eigenvalue weighted by Crippen LogP contribution is -2.55. The zero-order valence-electron chi connectivity index (χ0n) is 12.0. The number of carboxylic acids is 1. The van der Waals surface area contributed by atoms with Gasteiger partial charge in [-0.1, -0.05) is 34.1 Å². The number of carbonyl (C=O) groups is 2. The lowest BCUT2D eigenvalue weighted by molar-refractivity contribution is -0.140. The van der Waals surface area contributed by atoms with Gasteiger partial charge in [0.05, 0.1) is 0 Å². The molecule has 2 amide bonds. The quantitative estimate of drug-likeness (QED) is 0.656. The lowest BCUT2D eigenvalue weighted by Gasteiger charge is -2.30.